The molecule has 0 saturated carbocycles. The fraction of sp³-hybridized carbons (Fsp3) is 0.0270. The normalized spacial score (nSPS) is 15.9. The Bertz CT molecular complexity index is 1730. The lowest BCUT2D eigenvalue weighted by molar-refractivity contribution is 1.11. The maximum absolute atomic E-state index is 2.48. The molecule has 37 heavy (non-hydrogen) atoms. The van der Waals surface area contributed by atoms with Crippen molar-refractivity contribution >= 4 is 16.7 Å². The summed E-state index contributed by atoms with van der Waals surface area (Å²) in [5.74, 6) is 0.226. The van der Waals surface area contributed by atoms with Crippen LogP contribution in [0, 0.1) is 0 Å². The molecule has 1 unspecified atom stereocenters. The van der Waals surface area contributed by atoms with Gasteiger partial charge in [0.05, 0.1) is 0 Å². The fourth-order valence-corrected chi connectivity index (χ4v) is 6.46. The van der Waals surface area contributed by atoms with E-state index in [0.29, 0.717) is 0 Å². The van der Waals surface area contributed by atoms with Gasteiger partial charge in [0.25, 0.3) is 0 Å². The summed E-state index contributed by atoms with van der Waals surface area (Å²) in [6.07, 6.45) is 7.35. The SMILES string of the molecule is C(=C1c2ccccc2-c2ccccc21)C1=CC(C=C2c3ccccc3-c3ccccc32)c2ccccc21. The first-order chi connectivity index (χ1) is 18.4. The molecule has 0 heteroatoms. The number of rotatable bonds is 2. The lowest BCUT2D eigenvalue weighted by Gasteiger charge is -2.09. The van der Waals surface area contributed by atoms with Crippen LogP contribution in [0.4, 0.5) is 0 Å². The Morgan fingerprint density at radius 2 is 0.757 bits per heavy atom. The van der Waals surface area contributed by atoms with E-state index in [1.807, 2.05) is 0 Å². The third-order valence-electron chi connectivity index (χ3n) is 8.09. The average molecular weight is 469 g/mol. The van der Waals surface area contributed by atoms with Crippen molar-refractivity contribution < 1.29 is 0 Å². The number of hydrogen-bond donors (Lipinski definition) is 0. The molecule has 3 aliphatic carbocycles. The molecule has 0 aromatic heterocycles. The number of fused-ring (bicyclic) bond motifs is 7. The third kappa shape index (κ3) is 3.03. The molecule has 0 heterocycles. The highest BCUT2D eigenvalue weighted by atomic mass is 14.3. The molecule has 0 nitrogen and oxygen atoms in total. The molecule has 0 fully saturated rings. The summed E-state index contributed by atoms with van der Waals surface area (Å²) in [6, 6.07) is 44.1. The molecule has 8 rings (SSSR count). The fourth-order valence-electron chi connectivity index (χ4n) is 6.46. The van der Waals surface area contributed by atoms with Crippen LogP contribution in [-0.2, 0) is 0 Å². The Balaban J connectivity index is 1.30. The average Bonchev–Trinajstić information content (AvgIpc) is 3.59. The zero-order chi connectivity index (χ0) is 24.3. The molecule has 172 valence electrons. The molecule has 5 aromatic rings. The molecule has 5 aromatic carbocycles. The maximum atomic E-state index is 2.48. The summed E-state index contributed by atoms with van der Waals surface area (Å²) >= 11 is 0. The van der Waals surface area contributed by atoms with Gasteiger partial charge in [-0.05, 0) is 78.4 Å². The molecule has 0 spiro atoms. The summed E-state index contributed by atoms with van der Waals surface area (Å²) in [5.41, 5.74) is 17.3. The van der Waals surface area contributed by atoms with Crippen LogP contribution in [0.15, 0.2) is 140 Å². The van der Waals surface area contributed by atoms with E-state index in [2.05, 4.69) is 140 Å². The van der Waals surface area contributed by atoms with Crippen LogP contribution in [0.5, 0.6) is 0 Å². The van der Waals surface area contributed by atoms with Crippen LogP contribution in [0.1, 0.15) is 39.3 Å². The van der Waals surface area contributed by atoms with Gasteiger partial charge in [-0.25, -0.2) is 0 Å². The first-order valence-corrected chi connectivity index (χ1v) is 13.0. The summed E-state index contributed by atoms with van der Waals surface area (Å²) in [6.45, 7) is 0. The Morgan fingerprint density at radius 1 is 0.378 bits per heavy atom. The van der Waals surface area contributed by atoms with Gasteiger partial charge in [0, 0.05) is 5.92 Å². The number of allylic oxidation sites excluding steroid dienone is 4. The first-order valence-electron chi connectivity index (χ1n) is 13.0. The van der Waals surface area contributed by atoms with Gasteiger partial charge in [-0.15, -0.1) is 0 Å². The summed E-state index contributed by atoms with van der Waals surface area (Å²) in [5, 5.41) is 0. The van der Waals surface area contributed by atoms with Gasteiger partial charge in [0.2, 0.25) is 0 Å². The van der Waals surface area contributed by atoms with Gasteiger partial charge in [-0.2, -0.15) is 0 Å². The van der Waals surface area contributed by atoms with Crippen LogP contribution in [0.25, 0.3) is 39.0 Å². The highest BCUT2D eigenvalue weighted by Gasteiger charge is 2.28. The van der Waals surface area contributed by atoms with Gasteiger partial charge in [-0.3, -0.25) is 0 Å². The molecule has 0 radical (unpaired) electrons. The van der Waals surface area contributed by atoms with Crippen molar-refractivity contribution in [3.63, 3.8) is 0 Å². The van der Waals surface area contributed by atoms with Gasteiger partial charge in [0.15, 0.2) is 0 Å². The maximum Gasteiger partial charge on any atom is 0.0223 e. The van der Waals surface area contributed by atoms with Crippen LogP contribution < -0.4 is 0 Å². The Morgan fingerprint density at radius 3 is 1.24 bits per heavy atom. The minimum Gasteiger partial charge on any atom is -0.0653 e. The predicted octanol–water partition coefficient (Wildman–Crippen LogP) is 9.39. The highest BCUT2D eigenvalue weighted by molar-refractivity contribution is 6.05. The van der Waals surface area contributed by atoms with Crippen LogP contribution in [0.3, 0.4) is 0 Å². The molecule has 1 atom stereocenters. The highest BCUT2D eigenvalue weighted by Crippen LogP contribution is 2.49. The van der Waals surface area contributed by atoms with Crippen molar-refractivity contribution in [2.75, 3.05) is 0 Å². The molecule has 0 N–H and O–H groups in total. The van der Waals surface area contributed by atoms with E-state index in [-0.39, 0.29) is 5.92 Å². The molecule has 0 amide bonds. The Kier molecular flexibility index (Phi) is 4.39. The van der Waals surface area contributed by atoms with Gasteiger partial charge < -0.3 is 0 Å². The van der Waals surface area contributed by atoms with Gasteiger partial charge in [0.1, 0.15) is 0 Å². The second-order valence-corrected chi connectivity index (χ2v) is 10.1. The second kappa shape index (κ2) is 7.91. The zero-order valence-electron chi connectivity index (χ0n) is 20.4. The van der Waals surface area contributed by atoms with Gasteiger partial charge in [-0.1, -0.05) is 133 Å². The predicted molar refractivity (Wildman–Crippen MR) is 155 cm³/mol. The second-order valence-electron chi connectivity index (χ2n) is 10.1. The van der Waals surface area contributed by atoms with E-state index < -0.39 is 0 Å². The third-order valence-corrected chi connectivity index (χ3v) is 8.09. The van der Waals surface area contributed by atoms with E-state index in [1.54, 1.807) is 0 Å². The van der Waals surface area contributed by atoms with Crippen molar-refractivity contribution in [3.05, 3.63) is 173 Å². The molecule has 0 bridgehead atoms. The largest absolute Gasteiger partial charge is 0.0653 e. The number of hydrogen-bond acceptors (Lipinski definition) is 0. The van der Waals surface area contributed by atoms with E-state index in [9.17, 15) is 0 Å². The minimum absolute atomic E-state index is 0.226. The standard InChI is InChI=1S/C37H24/c1-2-12-27-25(23-37-34-19-9-5-15-30(34)31-16-6-10-20-35(31)37)21-24(26(27)11-1)22-36-32-17-7-3-13-28(32)29-14-4-8-18-33(29)36/h1-24H. The van der Waals surface area contributed by atoms with E-state index in [1.165, 1.54) is 72.4 Å². The van der Waals surface area contributed by atoms with E-state index in [4.69, 9.17) is 0 Å². The van der Waals surface area contributed by atoms with Crippen molar-refractivity contribution in [2.24, 2.45) is 0 Å². The minimum atomic E-state index is 0.226. The lowest BCUT2D eigenvalue weighted by Crippen LogP contribution is -1.91. The lowest BCUT2D eigenvalue weighted by atomic mass is 9.94. The quantitative estimate of drug-likeness (QED) is 0.237. The van der Waals surface area contributed by atoms with E-state index >= 15 is 0 Å². The van der Waals surface area contributed by atoms with Crippen molar-refractivity contribution in [3.8, 4) is 22.3 Å². The van der Waals surface area contributed by atoms with Crippen molar-refractivity contribution in [2.45, 2.75) is 5.92 Å². The molecule has 0 aliphatic heterocycles. The number of benzene rings is 5. The topological polar surface area (TPSA) is 0 Å². The first kappa shape index (κ1) is 20.5. The van der Waals surface area contributed by atoms with Crippen LogP contribution in [0.2, 0.25) is 0 Å². The van der Waals surface area contributed by atoms with Crippen LogP contribution in [-0.4, -0.2) is 0 Å². The monoisotopic (exact) mass is 468 g/mol. The summed E-state index contributed by atoms with van der Waals surface area (Å²) in [7, 11) is 0. The van der Waals surface area contributed by atoms with Crippen LogP contribution >= 0.6 is 0 Å². The van der Waals surface area contributed by atoms with Gasteiger partial charge >= 0.3 is 0 Å². The van der Waals surface area contributed by atoms with Crippen molar-refractivity contribution in [1.82, 2.24) is 0 Å². The smallest absolute Gasteiger partial charge is 0.0223 e. The molecule has 3 aliphatic rings. The molecular formula is C37H24. The molecule has 0 saturated heterocycles. The van der Waals surface area contributed by atoms with Crippen molar-refractivity contribution in [1.29, 1.82) is 0 Å². The zero-order valence-corrected chi connectivity index (χ0v) is 20.4. The summed E-state index contributed by atoms with van der Waals surface area (Å²) in [4.78, 5) is 0. The summed E-state index contributed by atoms with van der Waals surface area (Å²) < 4.78 is 0. The van der Waals surface area contributed by atoms with E-state index in [0.717, 1.165) is 0 Å². The molecular weight excluding hydrogens is 444 g/mol. The Hall–Kier alpha value is -4.68. The Labute approximate surface area is 217 Å².